The molecule has 0 fully saturated rings. The van der Waals surface area contributed by atoms with Crippen molar-refractivity contribution in [2.24, 2.45) is 0 Å². The Labute approximate surface area is 120 Å². The summed E-state index contributed by atoms with van der Waals surface area (Å²) < 4.78 is 13.7. The van der Waals surface area contributed by atoms with Gasteiger partial charge in [0, 0.05) is 6.20 Å². The van der Waals surface area contributed by atoms with Crippen molar-refractivity contribution >= 4 is 15.9 Å². The predicted octanol–water partition coefficient (Wildman–Crippen LogP) is 3.19. The van der Waals surface area contributed by atoms with Crippen LogP contribution in [0, 0.1) is 12.7 Å². The molecule has 0 saturated heterocycles. The number of benzene rings is 1. The van der Waals surface area contributed by atoms with Gasteiger partial charge in [-0.25, -0.2) is 4.39 Å². The third-order valence-corrected chi connectivity index (χ3v) is 3.54. The highest BCUT2D eigenvalue weighted by atomic mass is 79.9. The second kappa shape index (κ2) is 6.21. The molecule has 19 heavy (non-hydrogen) atoms. The number of aromatic nitrogens is 2. The van der Waals surface area contributed by atoms with Crippen molar-refractivity contribution in [2.75, 3.05) is 7.05 Å². The lowest BCUT2D eigenvalue weighted by molar-refractivity contribution is 0.570. The second-order valence-corrected chi connectivity index (χ2v) is 5.23. The van der Waals surface area contributed by atoms with E-state index in [9.17, 15) is 4.39 Å². The van der Waals surface area contributed by atoms with Crippen LogP contribution in [0.25, 0.3) is 0 Å². The first-order valence-electron chi connectivity index (χ1n) is 6.00. The number of hydrogen-bond donors (Lipinski definition) is 1. The summed E-state index contributed by atoms with van der Waals surface area (Å²) in [6, 6.07) is 5.10. The highest BCUT2D eigenvalue weighted by Gasteiger charge is 2.12. The van der Waals surface area contributed by atoms with Gasteiger partial charge in [-0.15, -0.1) is 0 Å². The van der Waals surface area contributed by atoms with Gasteiger partial charge in [-0.05, 0) is 54.0 Å². The fourth-order valence-corrected chi connectivity index (χ4v) is 2.27. The summed E-state index contributed by atoms with van der Waals surface area (Å²) >= 11 is 3.20. The summed E-state index contributed by atoms with van der Waals surface area (Å²) in [7, 11) is 1.88. The third-order valence-electron chi connectivity index (χ3n) is 2.93. The summed E-state index contributed by atoms with van der Waals surface area (Å²) in [6.07, 6.45) is 4.25. The largest absolute Gasteiger partial charge is 0.311 e. The van der Waals surface area contributed by atoms with Gasteiger partial charge in [0.05, 0.1) is 28.1 Å². The van der Waals surface area contributed by atoms with Crippen LogP contribution in [0.2, 0.25) is 0 Å². The quantitative estimate of drug-likeness (QED) is 0.939. The van der Waals surface area contributed by atoms with Gasteiger partial charge < -0.3 is 5.32 Å². The van der Waals surface area contributed by atoms with E-state index in [1.54, 1.807) is 24.5 Å². The van der Waals surface area contributed by atoms with E-state index in [0.717, 1.165) is 23.4 Å². The minimum atomic E-state index is -0.250. The molecule has 1 aromatic carbocycles. The first kappa shape index (κ1) is 14.1. The van der Waals surface area contributed by atoms with Crippen LogP contribution in [-0.4, -0.2) is 17.0 Å². The molecule has 3 nitrogen and oxygen atoms in total. The summed E-state index contributed by atoms with van der Waals surface area (Å²) in [6.45, 7) is 1.91. The lowest BCUT2D eigenvalue weighted by atomic mass is 10.0. The molecule has 0 aliphatic carbocycles. The molecule has 0 saturated carbocycles. The number of hydrogen-bond acceptors (Lipinski definition) is 3. The van der Waals surface area contributed by atoms with E-state index in [4.69, 9.17) is 0 Å². The average molecular weight is 324 g/mol. The minimum Gasteiger partial charge on any atom is -0.311 e. The fourth-order valence-electron chi connectivity index (χ4n) is 1.84. The normalized spacial score (nSPS) is 12.4. The van der Waals surface area contributed by atoms with E-state index in [2.05, 4.69) is 31.2 Å². The Bertz CT molecular complexity index is 557. The van der Waals surface area contributed by atoms with E-state index in [1.165, 1.54) is 6.07 Å². The number of likely N-dealkylation sites (N-methyl/N-ethyl adjacent to an activating group) is 1. The Morgan fingerprint density at radius 2 is 2.11 bits per heavy atom. The van der Waals surface area contributed by atoms with Crippen molar-refractivity contribution in [1.82, 2.24) is 15.3 Å². The first-order valence-corrected chi connectivity index (χ1v) is 6.79. The summed E-state index contributed by atoms with van der Waals surface area (Å²) in [5, 5.41) is 3.21. The minimum absolute atomic E-state index is 0.0606. The molecule has 1 unspecified atom stereocenters. The van der Waals surface area contributed by atoms with Gasteiger partial charge in [-0.3, -0.25) is 9.97 Å². The van der Waals surface area contributed by atoms with Gasteiger partial charge in [-0.2, -0.15) is 0 Å². The van der Waals surface area contributed by atoms with Crippen LogP contribution in [0.4, 0.5) is 4.39 Å². The molecule has 1 aromatic heterocycles. The molecule has 0 spiro atoms. The molecule has 1 N–H and O–H groups in total. The SMILES string of the molecule is CNC(Cc1ccc(F)c(Br)c1)c1cnc(C)cn1. The highest BCUT2D eigenvalue weighted by Crippen LogP contribution is 2.21. The number of aryl methyl sites for hydroxylation is 1. The maximum atomic E-state index is 13.2. The highest BCUT2D eigenvalue weighted by molar-refractivity contribution is 9.10. The summed E-state index contributed by atoms with van der Waals surface area (Å²) in [4.78, 5) is 8.62. The predicted molar refractivity (Wildman–Crippen MR) is 76.4 cm³/mol. The molecular weight excluding hydrogens is 309 g/mol. The summed E-state index contributed by atoms with van der Waals surface area (Å²) in [5.41, 5.74) is 2.81. The lowest BCUT2D eigenvalue weighted by Gasteiger charge is -2.15. The van der Waals surface area contributed by atoms with Crippen molar-refractivity contribution in [2.45, 2.75) is 19.4 Å². The second-order valence-electron chi connectivity index (χ2n) is 4.38. The molecule has 0 bridgehead atoms. The van der Waals surface area contributed by atoms with Crippen LogP contribution in [0.15, 0.2) is 35.1 Å². The van der Waals surface area contributed by atoms with E-state index < -0.39 is 0 Å². The van der Waals surface area contributed by atoms with Gasteiger partial charge in [0.25, 0.3) is 0 Å². The van der Waals surface area contributed by atoms with Crippen LogP contribution >= 0.6 is 15.9 Å². The third kappa shape index (κ3) is 3.58. The zero-order valence-corrected chi connectivity index (χ0v) is 12.4. The zero-order valence-electron chi connectivity index (χ0n) is 10.8. The van der Waals surface area contributed by atoms with Crippen molar-refractivity contribution in [1.29, 1.82) is 0 Å². The molecule has 1 heterocycles. The van der Waals surface area contributed by atoms with Crippen LogP contribution in [-0.2, 0) is 6.42 Å². The van der Waals surface area contributed by atoms with Gasteiger partial charge in [0.2, 0.25) is 0 Å². The maximum Gasteiger partial charge on any atom is 0.137 e. The van der Waals surface area contributed by atoms with E-state index in [0.29, 0.717) is 4.47 Å². The van der Waals surface area contributed by atoms with Gasteiger partial charge >= 0.3 is 0 Å². The smallest absolute Gasteiger partial charge is 0.137 e. The molecule has 0 aliphatic heterocycles. The topological polar surface area (TPSA) is 37.8 Å². The number of nitrogens with zero attached hydrogens (tertiary/aromatic N) is 2. The van der Waals surface area contributed by atoms with Crippen molar-refractivity contribution in [3.05, 3.63) is 57.8 Å². The van der Waals surface area contributed by atoms with Crippen LogP contribution in [0.5, 0.6) is 0 Å². The molecule has 5 heteroatoms. The van der Waals surface area contributed by atoms with Gasteiger partial charge in [0.1, 0.15) is 5.82 Å². The molecule has 2 aromatic rings. The van der Waals surface area contributed by atoms with Crippen LogP contribution in [0.3, 0.4) is 0 Å². The van der Waals surface area contributed by atoms with Gasteiger partial charge in [-0.1, -0.05) is 6.07 Å². The molecule has 0 amide bonds. The number of nitrogens with one attached hydrogen (secondary N) is 1. The van der Waals surface area contributed by atoms with Crippen LogP contribution < -0.4 is 5.32 Å². The zero-order chi connectivity index (χ0) is 13.8. The van der Waals surface area contributed by atoms with Gasteiger partial charge in [0.15, 0.2) is 0 Å². The van der Waals surface area contributed by atoms with Crippen molar-refractivity contribution in [3.8, 4) is 0 Å². The first-order chi connectivity index (χ1) is 9.10. The molecule has 2 rings (SSSR count). The van der Waals surface area contributed by atoms with Crippen LogP contribution in [0.1, 0.15) is 23.0 Å². The Kier molecular flexibility index (Phi) is 4.61. The Hall–Kier alpha value is -1.33. The monoisotopic (exact) mass is 323 g/mol. The Morgan fingerprint density at radius 3 is 2.68 bits per heavy atom. The Balaban J connectivity index is 2.18. The van der Waals surface area contributed by atoms with E-state index in [1.807, 2.05) is 14.0 Å². The van der Waals surface area contributed by atoms with E-state index in [-0.39, 0.29) is 11.9 Å². The standard InChI is InChI=1S/C14H15BrFN3/c1-9-7-19-14(8-18-9)13(17-2)6-10-3-4-12(16)11(15)5-10/h3-5,7-8,13,17H,6H2,1-2H3. The van der Waals surface area contributed by atoms with E-state index >= 15 is 0 Å². The molecular formula is C14H15BrFN3. The summed E-state index contributed by atoms with van der Waals surface area (Å²) in [5.74, 6) is -0.250. The Morgan fingerprint density at radius 1 is 1.32 bits per heavy atom. The van der Waals surface area contributed by atoms with Crippen molar-refractivity contribution < 1.29 is 4.39 Å². The molecule has 1 atom stereocenters. The maximum absolute atomic E-state index is 13.2. The lowest BCUT2D eigenvalue weighted by Crippen LogP contribution is -2.20. The fraction of sp³-hybridized carbons (Fsp3) is 0.286. The van der Waals surface area contributed by atoms with Crippen molar-refractivity contribution in [3.63, 3.8) is 0 Å². The molecule has 100 valence electrons. The average Bonchev–Trinajstić information content (AvgIpc) is 2.41. The molecule has 0 radical (unpaired) electrons. The number of halogens is 2. The number of rotatable bonds is 4. The molecule has 0 aliphatic rings.